The fraction of sp³-hybridized carbons (Fsp3) is 0.606. The Morgan fingerprint density at radius 1 is 0.780 bits per heavy atom. The van der Waals surface area contributed by atoms with E-state index >= 15 is 0 Å². The summed E-state index contributed by atoms with van der Waals surface area (Å²) in [4.78, 5) is 13.3. The molecule has 3 fully saturated rings. The topological polar surface area (TPSA) is 264 Å². The van der Waals surface area contributed by atoms with E-state index in [1.165, 1.54) is 30.3 Å². The number of phenolic OH excluding ortho intramolecular Hbond substituents is 4. The number of aliphatic hydroxyl groups excluding tert-OH is 3. The third kappa shape index (κ3) is 8.75. The molecule has 0 aliphatic carbocycles. The molecule has 278 valence electrons. The molecule has 0 saturated carbocycles. The van der Waals surface area contributed by atoms with Gasteiger partial charge in [0.2, 0.25) is 0 Å². The van der Waals surface area contributed by atoms with Crippen molar-refractivity contribution in [1.29, 1.82) is 0 Å². The Kier molecular flexibility index (Phi) is 12.4. The van der Waals surface area contributed by atoms with Crippen LogP contribution in [0.3, 0.4) is 0 Å². The molecule has 0 amide bonds. The van der Waals surface area contributed by atoms with Gasteiger partial charge in [0.25, 0.3) is 0 Å². The molecule has 9 unspecified atom stereocenters. The zero-order chi connectivity index (χ0) is 36.1. The smallest absolute Gasteiger partial charge is 0.306 e. The highest BCUT2D eigenvalue weighted by Crippen LogP contribution is 2.35. The number of hydrogen-bond acceptors (Lipinski definition) is 17. The van der Waals surface area contributed by atoms with Crippen molar-refractivity contribution < 1.29 is 83.9 Å². The van der Waals surface area contributed by atoms with Crippen LogP contribution in [0.4, 0.5) is 0 Å². The van der Waals surface area contributed by atoms with Crippen molar-refractivity contribution in [1.82, 2.24) is 0 Å². The van der Waals surface area contributed by atoms with Gasteiger partial charge in [-0.05, 0) is 48.2 Å². The Hall–Kier alpha value is -3.33. The number of rotatable bonds is 15. The second-order valence-corrected chi connectivity index (χ2v) is 12.6. The largest absolute Gasteiger partial charge is 0.504 e. The molecule has 17 nitrogen and oxygen atoms in total. The van der Waals surface area contributed by atoms with E-state index < -0.39 is 80.3 Å². The lowest BCUT2D eigenvalue weighted by Crippen LogP contribution is -2.63. The number of aliphatic hydroxyl groups is 5. The van der Waals surface area contributed by atoms with Gasteiger partial charge in [-0.25, -0.2) is 0 Å². The maximum absolute atomic E-state index is 13.3. The van der Waals surface area contributed by atoms with Crippen LogP contribution in [-0.4, -0.2) is 146 Å². The summed E-state index contributed by atoms with van der Waals surface area (Å²) in [5, 5.41) is 91.8. The molecular formula is C33H44O17. The Morgan fingerprint density at radius 3 is 1.96 bits per heavy atom. The van der Waals surface area contributed by atoms with E-state index in [9.17, 15) is 50.8 Å². The standard InChI is InChI=1S/C33H44O17/c34-16-32(42)8-11-45-30(32)47-15-24-27(49-25(40)6-3-18-1-4-20(36)22(38)13-18)28(50-31-33(43,17-35)9-12-46-31)26(41)29(48-24)44-10-7-19-2-5-21(37)23(39)14-19/h1-2,4-5,13-14,24,26-31,34-39,41-43H,3,6-12,15-17H2. The molecule has 3 aliphatic heterocycles. The molecule has 2 aromatic rings. The first-order chi connectivity index (χ1) is 23.9. The average Bonchev–Trinajstić information content (AvgIpc) is 3.66. The van der Waals surface area contributed by atoms with Gasteiger partial charge in [0.05, 0.1) is 39.6 Å². The zero-order valence-corrected chi connectivity index (χ0v) is 27.1. The highest BCUT2D eigenvalue weighted by atomic mass is 16.8. The summed E-state index contributed by atoms with van der Waals surface area (Å²) in [7, 11) is 0. The number of phenols is 4. The minimum atomic E-state index is -1.86. The van der Waals surface area contributed by atoms with Crippen molar-refractivity contribution in [2.75, 3.05) is 39.6 Å². The van der Waals surface area contributed by atoms with Crippen molar-refractivity contribution in [2.45, 2.75) is 86.6 Å². The van der Waals surface area contributed by atoms with Gasteiger partial charge in [-0.15, -0.1) is 0 Å². The van der Waals surface area contributed by atoms with Crippen LogP contribution in [-0.2, 0) is 50.8 Å². The lowest BCUT2D eigenvalue weighted by molar-refractivity contribution is -0.342. The summed E-state index contributed by atoms with van der Waals surface area (Å²) in [5.41, 5.74) is -2.49. The maximum atomic E-state index is 13.3. The number of carbonyl (C=O) groups is 1. The number of ether oxygens (including phenoxy) is 7. The molecule has 3 aliphatic rings. The molecule has 0 radical (unpaired) electrons. The second kappa shape index (κ2) is 16.3. The Bertz CT molecular complexity index is 1440. The summed E-state index contributed by atoms with van der Waals surface area (Å²) in [6.45, 7) is -1.84. The normalized spacial score (nSPS) is 32.7. The predicted molar refractivity (Wildman–Crippen MR) is 166 cm³/mol. The van der Waals surface area contributed by atoms with E-state index in [0.29, 0.717) is 11.1 Å². The first kappa shape index (κ1) is 37.9. The van der Waals surface area contributed by atoms with Gasteiger partial charge in [0, 0.05) is 19.3 Å². The van der Waals surface area contributed by atoms with Crippen LogP contribution in [0.5, 0.6) is 23.0 Å². The SMILES string of the molecule is O=C(CCc1ccc(O)c(O)c1)OC1C(COC2OCCC2(O)CO)OC(OCCc2ccc(O)c(O)c2)C(O)C1OC1OCCC1(O)CO. The van der Waals surface area contributed by atoms with E-state index in [4.69, 9.17) is 33.2 Å². The number of esters is 1. The van der Waals surface area contributed by atoms with Crippen LogP contribution in [0.15, 0.2) is 36.4 Å². The van der Waals surface area contributed by atoms with Gasteiger partial charge < -0.3 is 79.1 Å². The van der Waals surface area contributed by atoms with Crippen molar-refractivity contribution in [2.24, 2.45) is 0 Å². The third-order valence-corrected chi connectivity index (χ3v) is 8.98. The van der Waals surface area contributed by atoms with Crippen LogP contribution in [0, 0.1) is 0 Å². The fourth-order valence-corrected chi connectivity index (χ4v) is 5.90. The second-order valence-electron chi connectivity index (χ2n) is 12.6. The lowest BCUT2D eigenvalue weighted by Gasteiger charge is -2.45. The fourth-order valence-electron chi connectivity index (χ4n) is 5.90. The number of aryl methyl sites for hydroxylation is 1. The Labute approximate surface area is 286 Å². The molecule has 3 heterocycles. The molecule has 9 N–H and O–H groups in total. The molecule has 50 heavy (non-hydrogen) atoms. The zero-order valence-electron chi connectivity index (χ0n) is 27.1. The number of carbonyl (C=O) groups excluding carboxylic acids is 1. The van der Waals surface area contributed by atoms with Gasteiger partial charge in [0.1, 0.15) is 29.5 Å². The highest BCUT2D eigenvalue weighted by molar-refractivity contribution is 5.70. The van der Waals surface area contributed by atoms with E-state index in [1.54, 1.807) is 6.07 Å². The van der Waals surface area contributed by atoms with E-state index in [-0.39, 0.29) is 74.9 Å². The van der Waals surface area contributed by atoms with Gasteiger partial charge in [-0.1, -0.05) is 12.1 Å². The van der Waals surface area contributed by atoms with Crippen LogP contribution in [0.1, 0.15) is 30.4 Å². The van der Waals surface area contributed by atoms with Crippen molar-refractivity contribution >= 4 is 5.97 Å². The van der Waals surface area contributed by atoms with E-state index in [2.05, 4.69) is 0 Å². The van der Waals surface area contributed by atoms with Crippen LogP contribution in [0.2, 0.25) is 0 Å². The van der Waals surface area contributed by atoms with E-state index in [0.717, 1.165) is 0 Å². The number of hydrogen-bond donors (Lipinski definition) is 9. The molecule has 5 rings (SSSR count). The van der Waals surface area contributed by atoms with E-state index in [1.807, 2.05) is 0 Å². The molecule has 9 atom stereocenters. The van der Waals surface area contributed by atoms with Gasteiger partial charge in [-0.3, -0.25) is 4.79 Å². The van der Waals surface area contributed by atoms with Gasteiger partial charge >= 0.3 is 5.97 Å². The molecule has 0 bridgehead atoms. The average molecular weight is 713 g/mol. The third-order valence-electron chi connectivity index (χ3n) is 8.98. The monoisotopic (exact) mass is 712 g/mol. The molecule has 3 saturated heterocycles. The molecule has 0 aromatic heterocycles. The van der Waals surface area contributed by atoms with Crippen molar-refractivity contribution in [3.63, 3.8) is 0 Å². The summed E-state index contributed by atoms with van der Waals surface area (Å²) >= 11 is 0. The first-order valence-corrected chi connectivity index (χ1v) is 16.2. The van der Waals surface area contributed by atoms with Crippen LogP contribution >= 0.6 is 0 Å². The molecule has 2 aromatic carbocycles. The number of aromatic hydroxyl groups is 4. The summed E-state index contributed by atoms with van der Waals surface area (Å²) < 4.78 is 40.6. The summed E-state index contributed by atoms with van der Waals surface area (Å²) in [6, 6.07) is 8.27. The Morgan fingerprint density at radius 2 is 1.36 bits per heavy atom. The quantitative estimate of drug-likeness (QED) is 0.0795. The molecular weight excluding hydrogens is 668 g/mol. The van der Waals surface area contributed by atoms with Gasteiger partial charge in [-0.2, -0.15) is 0 Å². The van der Waals surface area contributed by atoms with Crippen LogP contribution < -0.4 is 0 Å². The maximum Gasteiger partial charge on any atom is 0.306 e. The van der Waals surface area contributed by atoms with Gasteiger partial charge in [0.15, 0.2) is 48.0 Å². The predicted octanol–water partition coefficient (Wildman–Crippen LogP) is -0.960. The number of benzene rings is 2. The summed E-state index contributed by atoms with van der Waals surface area (Å²) in [5.74, 6) is -2.14. The van der Waals surface area contributed by atoms with Crippen molar-refractivity contribution in [3.8, 4) is 23.0 Å². The molecule has 0 spiro atoms. The van der Waals surface area contributed by atoms with Crippen LogP contribution in [0.25, 0.3) is 0 Å². The highest BCUT2D eigenvalue weighted by Gasteiger charge is 2.54. The minimum absolute atomic E-state index is 0.00210. The lowest BCUT2D eigenvalue weighted by atomic mass is 9.97. The first-order valence-electron chi connectivity index (χ1n) is 16.2. The summed E-state index contributed by atoms with van der Waals surface area (Å²) in [6.07, 6.45) is -10.0. The molecule has 17 heteroatoms. The minimum Gasteiger partial charge on any atom is -0.504 e. The van der Waals surface area contributed by atoms with Crippen molar-refractivity contribution in [3.05, 3.63) is 47.5 Å². The Balaban J connectivity index is 1.38.